The summed E-state index contributed by atoms with van der Waals surface area (Å²) >= 11 is 0. The van der Waals surface area contributed by atoms with Crippen LogP contribution in [0, 0.1) is 18.3 Å². The average molecular weight is 259 g/mol. The standard InChI is InChI=1S/C15H17NO3/c1-4-5-12-10-19-15(8-6-13(17)7-9-15)16(11(2)3)14(12)18/h1,6-9,11-12H,5,10H2,2-3H3. The number of hydrogen-bond donors (Lipinski definition) is 0. The van der Waals surface area contributed by atoms with Gasteiger partial charge in [-0.15, -0.1) is 12.3 Å². The zero-order valence-electron chi connectivity index (χ0n) is 11.1. The molecule has 4 nitrogen and oxygen atoms in total. The summed E-state index contributed by atoms with van der Waals surface area (Å²) in [5.74, 6) is 2.07. The van der Waals surface area contributed by atoms with E-state index in [9.17, 15) is 9.59 Å². The molecule has 2 aliphatic rings. The van der Waals surface area contributed by atoms with Crippen molar-refractivity contribution in [3.63, 3.8) is 0 Å². The van der Waals surface area contributed by atoms with Gasteiger partial charge < -0.3 is 9.64 Å². The number of ketones is 1. The van der Waals surface area contributed by atoms with E-state index in [1.807, 2.05) is 13.8 Å². The molecule has 0 aromatic carbocycles. The van der Waals surface area contributed by atoms with E-state index in [1.165, 1.54) is 12.2 Å². The lowest BCUT2D eigenvalue weighted by atomic mass is 9.94. The molecule has 1 saturated heterocycles. The molecule has 100 valence electrons. The maximum Gasteiger partial charge on any atom is 0.231 e. The Balaban J connectivity index is 2.34. The predicted molar refractivity (Wildman–Crippen MR) is 70.9 cm³/mol. The van der Waals surface area contributed by atoms with Crippen LogP contribution in [-0.2, 0) is 14.3 Å². The summed E-state index contributed by atoms with van der Waals surface area (Å²) in [5.41, 5.74) is -0.940. The summed E-state index contributed by atoms with van der Waals surface area (Å²) in [7, 11) is 0. The number of amides is 1. The minimum atomic E-state index is -0.940. The first-order valence-electron chi connectivity index (χ1n) is 6.33. The summed E-state index contributed by atoms with van der Waals surface area (Å²) in [6, 6.07) is -0.0458. The van der Waals surface area contributed by atoms with Crippen LogP contribution >= 0.6 is 0 Å². The zero-order chi connectivity index (χ0) is 14.0. The van der Waals surface area contributed by atoms with E-state index < -0.39 is 5.72 Å². The Morgan fingerprint density at radius 3 is 2.63 bits per heavy atom. The number of terminal acetylenes is 1. The molecule has 1 amide bonds. The number of hydrogen-bond acceptors (Lipinski definition) is 3. The monoisotopic (exact) mass is 259 g/mol. The smallest absolute Gasteiger partial charge is 0.231 e. The first-order valence-corrected chi connectivity index (χ1v) is 6.33. The first-order chi connectivity index (χ1) is 9.00. The van der Waals surface area contributed by atoms with E-state index in [2.05, 4.69) is 5.92 Å². The SMILES string of the molecule is C#CCC1COC2(C=CC(=O)C=C2)N(C(C)C)C1=O. The van der Waals surface area contributed by atoms with Crippen molar-refractivity contribution in [2.24, 2.45) is 5.92 Å². The number of nitrogens with zero attached hydrogens (tertiary/aromatic N) is 1. The molecule has 1 fully saturated rings. The van der Waals surface area contributed by atoms with E-state index in [1.54, 1.807) is 17.1 Å². The first kappa shape index (κ1) is 13.6. The summed E-state index contributed by atoms with van der Waals surface area (Å²) < 4.78 is 5.85. The van der Waals surface area contributed by atoms with Gasteiger partial charge in [0.1, 0.15) is 0 Å². The van der Waals surface area contributed by atoms with Gasteiger partial charge in [-0.3, -0.25) is 9.59 Å². The summed E-state index contributed by atoms with van der Waals surface area (Å²) in [6.07, 6.45) is 11.8. The molecular formula is C15H17NO3. The Hall–Kier alpha value is -1.86. The highest BCUT2D eigenvalue weighted by atomic mass is 16.5. The van der Waals surface area contributed by atoms with Gasteiger partial charge in [-0.1, -0.05) is 0 Å². The number of carbonyl (C=O) groups is 2. The Labute approximate surface area is 113 Å². The highest BCUT2D eigenvalue weighted by molar-refractivity contribution is 6.01. The van der Waals surface area contributed by atoms with Gasteiger partial charge in [0.25, 0.3) is 0 Å². The van der Waals surface area contributed by atoms with Gasteiger partial charge in [0.2, 0.25) is 5.91 Å². The van der Waals surface area contributed by atoms with Gasteiger partial charge in [-0.2, -0.15) is 0 Å². The molecule has 0 radical (unpaired) electrons. The lowest BCUT2D eigenvalue weighted by Crippen LogP contribution is -2.61. The van der Waals surface area contributed by atoms with Crippen LogP contribution in [0.3, 0.4) is 0 Å². The minimum Gasteiger partial charge on any atom is -0.347 e. The van der Waals surface area contributed by atoms with E-state index in [4.69, 9.17) is 11.2 Å². The van der Waals surface area contributed by atoms with Gasteiger partial charge in [0, 0.05) is 12.5 Å². The average Bonchev–Trinajstić information content (AvgIpc) is 2.36. The van der Waals surface area contributed by atoms with E-state index >= 15 is 0 Å². The third kappa shape index (κ3) is 2.34. The Morgan fingerprint density at radius 1 is 1.47 bits per heavy atom. The summed E-state index contributed by atoms with van der Waals surface area (Å²) in [4.78, 5) is 25.4. The van der Waals surface area contributed by atoms with E-state index in [-0.39, 0.29) is 30.3 Å². The van der Waals surface area contributed by atoms with Gasteiger partial charge in [0.15, 0.2) is 11.5 Å². The molecule has 0 aromatic heterocycles. The molecule has 1 unspecified atom stereocenters. The maximum atomic E-state index is 12.5. The second-order valence-electron chi connectivity index (χ2n) is 5.04. The fraction of sp³-hybridized carbons (Fsp3) is 0.467. The van der Waals surface area contributed by atoms with Crippen molar-refractivity contribution in [2.75, 3.05) is 6.61 Å². The number of rotatable bonds is 2. The molecule has 1 aliphatic heterocycles. The molecule has 1 heterocycles. The fourth-order valence-corrected chi connectivity index (χ4v) is 2.46. The topological polar surface area (TPSA) is 46.6 Å². The molecule has 0 aromatic rings. The minimum absolute atomic E-state index is 0.0251. The van der Waals surface area contributed by atoms with Gasteiger partial charge in [-0.05, 0) is 38.2 Å². The van der Waals surface area contributed by atoms with Crippen molar-refractivity contribution in [1.82, 2.24) is 4.90 Å². The maximum absolute atomic E-state index is 12.5. The predicted octanol–water partition coefficient (Wildman–Crippen LogP) is 1.28. The van der Waals surface area contributed by atoms with Crippen LogP contribution in [0.25, 0.3) is 0 Å². The Kier molecular flexibility index (Phi) is 3.59. The third-order valence-corrected chi connectivity index (χ3v) is 3.33. The highest BCUT2D eigenvalue weighted by Crippen LogP contribution is 2.33. The molecule has 0 N–H and O–H groups in total. The van der Waals surface area contributed by atoms with Gasteiger partial charge in [-0.25, -0.2) is 0 Å². The second-order valence-corrected chi connectivity index (χ2v) is 5.04. The van der Waals surface area contributed by atoms with Crippen molar-refractivity contribution in [3.05, 3.63) is 24.3 Å². The quantitative estimate of drug-likeness (QED) is 0.702. The Morgan fingerprint density at radius 2 is 2.11 bits per heavy atom. The van der Waals surface area contributed by atoms with Crippen molar-refractivity contribution in [3.8, 4) is 12.3 Å². The number of carbonyl (C=O) groups excluding carboxylic acids is 2. The van der Waals surface area contributed by atoms with Crippen molar-refractivity contribution < 1.29 is 14.3 Å². The van der Waals surface area contributed by atoms with Crippen molar-refractivity contribution >= 4 is 11.7 Å². The van der Waals surface area contributed by atoms with Crippen LogP contribution < -0.4 is 0 Å². The van der Waals surface area contributed by atoms with E-state index in [0.29, 0.717) is 6.42 Å². The van der Waals surface area contributed by atoms with Crippen molar-refractivity contribution in [2.45, 2.75) is 32.0 Å². The van der Waals surface area contributed by atoms with Crippen LogP contribution in [0.5, 0.6) is 0 Å². The molecule has 1 atom stereocenters. The van der Waals surface area contributed by atoms with Gasteiger partial charge >= 0.3 is 0 Å². The molecule has 2 rings (SSSR count). The highest BCUT2D eigenvalue weighted by Gasteiger charge is 2.46. The van der Waals surface area contributed by atoms with Crippen molar-refractivity contribution in [1.29, 1.82) is 0 Å². The molecule has 0 bridgehead atoms. The molecular weight excluding hydrogens is 242 g/mol. The summed E-state index contributed by atoms with van der Waals surface area (Å²) in [6.45, 7) is 4.11. The number of ether oxygens (including phenoxy) is 1. The summed E-state index contributed by atoms with van der Waals surface area (Å²) in [5, 5.41) is 0. The largest absolute Gasteiger partial charge is 0.347 e. The second kappa shape index (κ2) is 5.02. The van der Waals surface area contributed by atoms with Crippen LogP contribution in [0.1, 0.15) is 20.3 Å². The van der Waals surface area contributed by atoms with Crippen LogP contribution in [0.15, 0.2) is 24.3 Å². The van der Waals surface area contributed by atoms with Gasteiger partial charge in [0.05, 0.1) is 12.5 Å². The molecule has 1 spiro atoms. The fourth-order valence-electron chi connectivity index (χ4n) is 2.46. The zero-order valence-corrected chi connectivity index (χ0v) is 11.1. The normalized spacial score (nSPS) is 25.2. The van der Waals surface area contributed by atoms with Crippen LogP contribution in [0.2, 0.25) is 0 Å². The van der Waals surface area contributed by atoms with Crippen LogP contribution in [-0.4, -0.2) is 35.0 Å². The number of allylic oxidation sites excluding steroid dienone is 2. The lowest BCUT2D eigenvalue weighted by molar-refractivity contribution is -0.185. The molecule has 0 saturated carbocycles. The molecule has 4 heteroatoms. The van der Waals surface area contributed by atoms with E-state index in [0.717, 1.165) is 0 Å². The molecule has 1 aliphatic carbocycles. The Bertz CT molecular complexity index is 480. The lowest BCUT2D eigenvalue weighted by Gasteiger charge is -2.48. The molecule has 19 heavy (non-hydrogen) atoms. The third-order valence-electron chi connectivity index (χ3n) is 3.33. The van der Waals surface area contributed by atoms with Crippen LogP contribution in [0.4, 0.5) is 0 Å².